The van der Waals surface area contributed by atoms with Gasteiger partial charge in [0, 0.05) is 36.3 Å². The van der Waals surface area contributed by atoms with Crippen molar-refractivity contribution in [1.29, 1.82) is 0 Å². The number of benzene rings is 3. The highest BCUT2D eigenvalue weighted by molar-refractivity contribution is 6.30. The maximum Gasteiger partial charge on any atom is 0.130 e. The van der Waals surface area contributed by atoms with Crippen LogP contribution in [-0.2, 0) is 13.1 Å². The molecule has 3 aromatic rings. The van der Waals surface area contributed by atoms with Crippen molar-refractivity contribution in [3.63, 3.8) is 0 Å². The van der Waals surface area contributed by atoms with E-state index in [1.165, 1.54) is 24.3 Å². The molecule has 158 valence electrons. The van der Waals surface area contributed by atoms with Gasteiger partial charge in [0.1, 0.15) is 35.9 Å². The van der Waals surface area contributed by atoms with E-state index in [4.69, 9.17) is 16.3 Å². The standard InChI is InChI=1S/C23H21ClF3NO2/c24-18-4-9-22(10-5-18)30-15-21(29)14-28(12-16-1-6-19(25)7-2-16)13-17-3-8-20(26)11-23(17)27/h1-11,21,29H,12-15H2/t21-/m1/s1. The van der Waals surface area contributed by atoms with Crippen molar-refractivity contribution in [2.45, 2.75) is 19.2 Å². The van der Waals surface area contributed by atoms with E-state index < -0.39 is 17.7 Å². The molecule has 1 N–H and O–H groups in total. The van der Waals surface area contributed by atoms with Crippen LogP contribution in [0, 0.1) is 17.5 Å². The van der Waals surface area contributed by atoms with Crippen molar-refractivity contribution in [1.82, 2.24) is 4.90 Å². The van der Waals surface area contributed by atoms with Crippen molar-refractivity contribution >= 4 is 11.6 Å². The van der Waals surface area contributed by atoms with Crippen LogP contribution in [-0.4, -0.2) is 29.3 Å². The third-order valence-electron chi connectivity index (χ3n) is 4.45. The van der Waals surface area contributed by atoms with Gasteiger partial charge < -0.3 is 9.84 Å². The zero-order chi connectivity index (χ0) is 21.5. The highest BCUT2D eigenvalue weighted by Gasteiger charge is 2.16. The Balaban J connectivity index is 1.67. The Kier molecular flexibility index (Phi) is 7.74. The number of hydrogen-bond donors (Lipinski definition) is 1. The lowest BCUT2D eigenvalue weighted by atomic mass is 10.1. The monoisotopic (exact) mass is 435 g/mol. The quantitative estimate of drug-likeness (QED) is 0.501. The predicted molar refractivity (Wildman–Crippen MR) is 110 cm³/mol. The zero-order valence-corrected chi connectivity index (χ0v) is 16.8. The van der Waals surface area contributed by atoms with Crippen molar-refractivity contribution in [3.05, 3.63) is 100 Å². The van der Waals surface area contributed by atoms with E-state index >= 15 is 0 Å². The Morgan fingerprint density at radius 1 is 0.867 bits per heavy atom. The summed E-state index contributed by atoms with van der Waals surface area (Å²) in [6.45, 7) is 0.672. The van der Waals surface area contributed by atoms with Gasteiger partial charge in [0.05, 0.1) is 0 Å². The number of rotatable bonds is 9. The van der Waals surface area contributed by atoms with Crippen molar-refractivity contribution in [3.8, 4) is 5.75 Å². The minimum Gasteiger partial charge on any atom is -0.491 e. The fourth-order valence-corrected chi connectivity index (χ4v) is 3.12. The molecule has 0 unspecified atom stereocenters. The van der Waals surface area contributed by atoms with Crippen LogP contribution in [0.25, 0.3) is 0 Å². The lowest BCUT2D eigenvalue weighted by Gasteiger charge is -2.25. The van der Waals surface area contributed by atoms with Gasteiger partial charge in [0.2, 0.25) is 0 Å². The molecule has 3 nitrogen and oxygen atoms in total. The third kappa shape index (κ3) is 6.76. The van der Waals surface area contributed by atoms with E-state index in [1.54, 1.807) is 41.3 Å². The predicted octanol–water partition coefficient (Wildman–Crippen LogP) is 5.20. The van der Waals surface area contributed by atoms with Crippen LogP contribution < -0.4 is 4.74 Å². The molecule has 1 atom stereocenters. The smallest absolute Gasteiger partial charge is 0.130 e. The first-order valence-corrected chi connectivity index (χ1v) is 9.74. The minimum absolute atomic E-state index is 0.0213. The first-order chi connectivity index (χ1) is 14.4. The zero-order valence-electron chi connectivity index (χ0n) is 16.1. The molecular formula is C23H21ClF3NO2. The molecule has 0 heterocycles. The molecule has 0 aliphatic carbocycles. The summed E-state index contributed by atoms with van der Waals surface area (Å²) in [4.78, 5) is 1.79. The summed E-state index contributed by atoms with van der Waals surface area (Å²) >= 11 is 5.84. The summed E-state index contributed by atoms with van der Waals surface area (Å²) in [5, 5.41) is 11.0. The molecule has 0 spiro atoms. The summed E-state index contributed by atoms with van der Waals surface area (Å²) in [7, 11) is 0. The number of aliphatic hydroxyl groups excluding tert-OH is 1. The Morgan fingerprint density at radius 2 is 1.53 bits per heavy atom. The number of nitrogens with zero attached hydrogens (tertiary/aromatic N) is 1. The molecule has 0 saturated heterocycles. The molecule has 0 aliphatic rings. The van der Waals surface area contributed by atoms with Crippen LogP contribution in [0.1, 0.15) is 11.1 Å². The Hall–Kier alpha value is -2.54. The van der Waals surface area contributed by atoms with Crippen LogP contribution in [0.15, 0.2) is 66.7 Å². The van der Waals surface area contributed by atoms with Crippen LogP contribution in [0.2, 0.25) is 5.02 Å². The fraction of sp³-hybridized carbons (Fsp3) is 0.217. The van der Waals surface area contributed by atoms with E-state index in [1.807, 2.05) is 0 Å². The number of hydrogen-bond acceptors (Lipinski definition) is 3. The van der Waals surface area contributed by atoms with Crippen molar-refractivity contribution in [2.75, 3.05) is 13.2 Å². The molecule has 0 fully saturated rings. The Morgan fingerprint density at radius 3 is 2.20 bits per heavy atom. The summed E-state index contributed by atoms with van der Waals surface area (Å²) in [6.07, 6.45) is -0.871. The normalized spacial score (nSPS) is 12.2. The molecule has 30 heavy (non-hydrogen) atoms. The van der Waals surface area contributed by atoms with E-state index in [0.29, 0.717) is 22.9 Å². The van der Waals surface area contributed by atoms with Crippen LogP contribution in [0.4, 0.5) is 13.2 Å². The van der Waals surface area contributed by atoms with E-state index in [9.17, 15) is 18.3 Å². The lowest BCUT2D eigenvalue weighted by Crippen LogP contribution is -2.35. The molecule has 3 rings (SSSR count). The van der Waals surface area contributed by atoms with Crippen molar-refractivity contribution < 1.29 is 23.0 Å². The highest BCUT2D eigenvalue weighted by Crippen LogP contribution is 2.17. The van der Waals surface area contributed by atoms with Gasteiger partial charge in [-0.3, -0.25) is 4.90 Å². The molecule has 0 amide bonds. The average molecular weight is 436 g/mol. The largest absolute Gasteiger partial charge is 0.491 e. The van der Waals surface area contributed by atoms with Gasteiger partial charge in [-0.1, -0.05) is 29.8 Å². The Labute approximate surface area is 178 Å². The SMILES string of the molecule is O[C@@H](COc1ccc(Cl)cc1)CN(Cc1ccc(F)cc1)Cc1ccc(F)cc1F. The van der Waals surface area contributed by atoms with Gasteiger partial charge in [0.25, 0.3) is 0 Å². The second-order valence-electron chi connectivity index (χ2n) is 6.95. The summed E-state index contributed by atoms with van der Waals surface area (Å²) in [5.74, 6) is -1.11. The molecule has 0 radical (unpaired) electrons. The van der Waals surface area contributed by atoms with Crippen LogP contribution in [0.5, 0.6) is 5.75 Å². The molecule has 7 heteroatoms. The summed E-state index contributed by atoms with van der Waals surface area (Å²) in [5.41, 5.74) is 1.09. The number of halogens is 4. The summed E-state index contributed by atoms with van der Waals surface area (Å²) < 4.78 is 46.1. The van der Waals surface area contributed by atoms with Crippen LogP contribution >= 0.6 is 11.6 Å². The minimum atomic E-state index is -0.871. The second kappa shape index (κ2) is 10.5. The van der Waals surface area contributed by atoms with Gasteiger partial charge >= 0.3 is 0 Å². The number of ether oxygens (including phenoxy) is 1. The first-order valence-electron chi connectivity index (χ1n) is 9.36. The topological polar surface area (TPSA) is 32.7 Å². The lowest BCUT2D eigenvalue weighted by molar-refractivity contribution is 0.0624. The third-order valence-corrected chi connectivity index (χ3v) is 4.71. The van der Waals surface area contributed by atoms with Gasteiger partial charge in [-0.15, -0.1) is 0 Å². The molecular weight excluding hydrogens is 415 g/mol. The second-order valence-corrected chi connectivity index (χ2v) is 7.39. The van der Waals surface area contributed by atoms with Gasteiger partial charge in [-0.2, -0.15) is 0 Å². The maximum atomic E-state index is 14.1. The van der Waals surface area contributed by atoms with E-state index in [-0.39, 0.29) is 25.5 Å². The molecule has 0 bridgehead atoms. The van der Waals surface area contributed by atoms with Crippen molar-refractivity contribution in [2.24, 2.45) is 0 Å². The van der Waals surface area contributed by atoms with Crippen LogP contribution in [0.3, 0.4) is 0 Å². The maximum absolute atomic E-state index is 14.1. The molecule has 3 aromatic carbocycles. The van der Waals surface area contributed by atoms with Gasteiger partial charge in [-0.25, -0.2) is 13.2 Å². The molecule has 0 aromatic heterocycles. The average Bonchev–Trinajstić information content (AvgIpc) is 2.71. The summed E-state index contributed by atoms with van der Waals surface area (Å²) in [6, 6.07) is 16.1. The highest BCUT2D eigenvalue weighted by atomic mass is 35.5. The Bertz CT molecular complexity index is 952. The van der Waals surface area contributed by atoms with E-state index in [2.05, 4.69) is 0 Å². The van der Waals surface area contributed by atoms with Gasteiger partial charge in [0.15, 0.2) is 0 Å². The first kappa shape index (κ1) is 22.2. The van der Waals surface area contributed by atoms with Gasteiger partial charge in [-0.05, 0) is 48.0 Å². The molecule has 0 aliphatic heterocycles. The van der Waals surface area contributed by atoms with E-state index in [0.717, 1.165) is 11.6 Å². The number of aliphatic hydroxyl groups is 1. The molecule has 0 saturated carbocycles. The fourth-order valence-electron chi connectivity index (χ4n) is 3.00.